The minimum Gasteiger partial charge on any atom is -0.493 e. The van der Waals surface area contributed by atoms with Crippen LogP contribution in [0.2, 0.25) is 0 Å². The molecule has 6 heteroatoms. The van der Waals surface area contributed by atoms with Crippen LogP contribution in [0, 0.1) is 5.41 Å². The fraction of sp³-hybridized carbons (Fsp3) is 0.588. The molecule has 2 N–H and O–H groups in total. The highest BCUT2D eigenvalue weighted by molar-refractivity contribution is 5.95. The van der Waals surface area contributed by atoms with Gasteiger partial charge in [0.2, 0.25) is 5.75 Å². The maximum Gasteiger partial charge on any atom is 0.251 e. The molecule has 23 heavy (non-hydrogen) atoms. The number of nitrogens with one attached hydrogen (secondary N) is 1. The Morgan fingerprint density at radius 3 is 2.04 bits per heavy atom. The van der Waals surface area contributed by atoms with Crippen LogP contribution in [0.3, 0.4) is 0 Å². The molecule has 0 heterocycles. The fourth-order valence-electron chi connectivity index (χ4n) is 2.07. The average Bonchev–Trinajstić information content (AvgIpc) is 2.51. The Bertz CT molecular complexity index is 511. The Morgan fingerprint density at radius 2 is 1.65 bits per heavy atom. The van der Waals surface area contributed by atoms with Crippen molar-refractivity contribution >= 4 is 5.91 Å². The van der Waals surface area contributed by atoms with Crippen molar-refractivity contribution in [2.75, 3.05) is 27.9 Å². The first-order valence-electron chi connectivity index (χ1n) is 7.50. The topological polar surface area (TPSA) is 77.0 Å². The Kier molecular flexibility index (Phi) is 6.69. The lowest BCUT2D eigenvalue weighted by Gasteiger charge is -2.25. The molecular weight excluding hydrogens is 298 g/mol. The summed E-state index contributed by atoms with van der Waals surface area (Å²) in [6.07, 6.45) is 0.00220. The summed E-state index contributed by atoms with van der Waals surface area (Å²) in [6.45, 7) is 6.25. The maximum atomic E-state index is 12.3. The summed E-state index contributed by atoms with van der Waals surface area (Å²) in [5, 5.41) is 12.8. The smallest absolute Gasteiger partial charge is 0.251 e. The van der Waals surface area contributed by atoms with Crippen LogP contribution in [0.1, 0.15) is 37.6 Å². The molecule has 0 aromatic heterocycles. The van der Waals surface area contributed by atoms with Crippen molar-refractivity contribution < 1.29 is 24.1 Å². The van der Waals surface area contributed by atoms with Crippen molar-refractivity contribution in [1.82, 2.24) is 5.32 Å². The van der Waals surface area contributed by atoms with E-state index in [1.807, 2.05) is 20.8 Å². The van der Waals surface area contributed by atoms with Crippen molar-refractivity contribution in [3.8, 4) is 17.2 Å². The van der Waals surface area contributed by atoms with E-state index in [1.54, 1.807) is 12.1 Å². The third-order valence-corrected chi connectivity index (χ3v) is 3.63. The van der Waals surface area contributed by atoms with Crippen LogP contribution in [-0.4, -0.2) is 45.0 Å². The van der Waals surface area contributed by atoms with Crippen LogP contribution in [0.15, 0.2) is 12.1 Å². The standard InChI is InChI=1S/C17H27NO5/c1-17(2,3)14(19)7-8-18-16(20)11-9-12(21-4)15(23-6)13(10-11)22-5/h9-10,14,19H,7-8H2,1-6H3,(H,18,20)/t14-/m0/s1. The van der Waals surface area contributed by atoms with Gasteiger partial charge in [-0.25, -0.2) is 0 Å². The first-order chi connectivity index (χ1) is 10.7. The predicted molar refractivity (Wildman–Crippen MR) is 88.5 cm³/mol. The Morgan fingerprint density at radius 1 is 1.13 bits per heavy atom. The number of benzene rings is 1. The molecule has 1 aromatic rings. The molecule has 1 atom stereocenters. The van der Waals surface area contributed by atoms with Crippen molar-refractivity contribution in [2.24, 2.45) is 5.41 Å². The third kappa shape index (κ3) is 5.03. The molecule has 0 fully saturated rings. The molecule has 0 aliphatic rings. The molecule has 1 aromatic carbocycles. The van der Waals surface area contributed by atoms with Gasteiger partial charge in [-0.3, -0.25) is 4.79 Å². The summed E-state index contributed by atoms with van der Waals surface area (Å²) < 4.78 is 15.7. The number of hydrogen-bond acceptors (Lipinski definition) is 5. The Labute approximate surface area is 137 Å². The summed E-state index contributed by atoms with van der Waals surface area (Å²) in [5.41, 5.74) is 0.196. The van der Waals surface area contributed by atoms with Crippen LogP contribution in [-0.2, 0) is 0 Å². The van der Waals surface area contributed by atoms with E-state index in [1.165, 1.54) is 21.3 Å². The van der Waals surface area contributed by atoms with Gasteiger partial charge >= 0.3 is 0 Å². The highest BCUT2D eigenvalue weighted by Crippen LogP contribution is 2.38. The Hall–Kier alpha value is -1.95. The molecule has 0 aliphatic heterocycles. The quantitative estimate of drug-likeness (QED) is 0.804. The second-order valence-corrected chi connectivity index (χ2v) is 6.34. The molecule has 0 saturated heterocycles. The van der Waals surface area contributed by atoms with Gasteiger partial charge in [0.1, 0.15) is 0 Å². The van der Waals surface area contributed by atoms with Gasteiger partial charge in [-0.1, -0.05) is 20.8 Å². The van der Waals surface area contributed by atoms with Gasteiger partial charge in [0.15, 0.2) is 11.5 Å². The van der Waals surface area contributed by atoms with Crippen molar-refractivity contribution in [1.29, 1.82) is 0 Å². The van der Waals surface area contributed by atoms with Crippen molar-refractivity contribution in [3.63, 3.8) is 0 Å². The van der Waals surface area contributed by atoms with E-state index in [0.29, 0.717) is 35.8 Å². The molecule has 1 rings (SSSR count). The van der Waals surface area contributed by atoms with Gasteiger partial charge in [-0.2, -0.15) is 0 Å². The molecule has 1 amide bonds. The molecule has 0 spiro atoms. The maximum absolute atomic E-state index is 12.3. The SMILES string of the molecule is COc1cc(C(=O)NCC[C@H](O)C(C)(C)C)cc(OC)c1OC. The number of ether oxygens (including phenoxy) is 3. The summed E-state index contributed by atoms with van der Waals surface area (Å²) in [7, 11) is 4.51. The van der Waals surface area contributed by atoms with E-state index in [-0.39, 0.29) is 11.3 Å². The molecular formula is C17H27NO5. The average molecular weight is 325 g/mol. The van der Waals surface area contributed by atoms with E-state index >= 15 is 0 Å². The predicted octanol–water partition coefficient (Wildman–Crippen LogP) is 2.24. The van der Waals surface area contributed by atoms with Crippen LogP contribution in [0.4, 0.5) is 0 Å². The molecule has 0 unspecified atom stereocenters. The molecule has 0 saturated carbocycles. The van der Waals surface area contributed by atoms with Gasteiger partial charge in [-0.05, 0) is 24.0 Å². The summed E-state index contributed by atoms with van der Waals surface area (Å²) >= 11 is 0. The number of rotatable bonds is 7. The van der Waals surface area contributed by atoms with Gasteiger partial charge in [0.05, 0.1) is 27.4 Å². The summed E-state index contributed by atoms with van der Waals surface area (Å²) in [6, 6.07) is 3.19. The first kappa shape index (κ1) is 19.1. The number of hydrogen-bond donors (Lipinski definition) is 2. The molecule has 0 radical (unpaired) electrons. The molecule has 0 bridgehead atoms. The largest absolute Gasteiger partial charge is 0.493 e. The second-order valence-electron chi connectivity index (χ2n) is 6.34. The number of methoxy groups -OCH3 is 3. The van der Waals surface area contributed by atoms with Crippen molar-refractivity contribution in [2.45, 2.75) is 33.3 Å². The van der Waals surface area contributed by atoms with E-state index in [9.17, 15) is 9.90 Å². The molecule has 6 nitrogen and oxygen atoms in total. The zero-order valence-electron chi connectivity index (χ0n) is 14.7. The number of aliphatic hydroxyl groups excluding tert-OH is 1. The van der Waals surface area contributed by atoms with Gasteiger partial charge < -0.3 is 24.6 Å². The lowest BCUT2D eigenvalue weighted by atomic mass is 9.87. The third-order valence-electron chi connectivity index (χ3n) is 3.63. The van der Waals surface area contributed by atoms with E-state index in [2.05, 4.69) is 5.32 Å². The van der Waals surface area contributed by atoms with Crippen molar-refractivity contribution in [3.05, 3.63) is 17.7 Å². The van der Waals surface area contributed by atoms with Crippen LogP contribution >= 0.6 is 0 Å². The zero-order valence-corrected chi connectivity index (χ0v) is 14.7. The number of amides is 1. The van der Waals surface area contributed by atoms with Gasteiger partial charge in [0.25, 0.3) is 5.91 Å². The lowest BCUT2D eigenvalue weighted by molar-refractivity contribution is 0.0551. The Balaban J connectivity index is 2.80. The monoisotopic (exact) mass is 325 g/mol. The highest BCUT2D eigenvalue weighted by atomic mass is 16.5. The van der Waals surface area contributed by atoms with Crippen LogP contribution in [0.25, 0.3) is 0 Å². The molecule has 130 valence electrons. The van der Waals surface area contributed by atoms with Gasteiger partial charge in [-0.15, -0.1) is 0 Å². The van der Waals surface area contributed by atoms with E-state index in [0.717, 1.165) is 0 Å². The summed E-state index contributed by atoms with van der Waals surface area (Å²) in [4.78, 5) is 12.3. The second kappa shape index (κ2) is 8.06. The lowest BCUT2D eigenvalue weighted by Crippen LogP contribution is -2.32. The number of carbonyl (C=O) groups excluding carboxylic acids is 1. The zero-order chi connectivity index (χ0) is 17.6. The van der Waals surface area contributed by atoms with Crippen LogP contribution < -0.4 is 19.5 Å². The summed E-state index contributed by atoms with van der Waals surface area (Å²) in [5.74, 6) is 1.03. The number of aliphatic hydroxyl groups is 1. The number of carbonyl (C=O) groups is 1. The first-order valence-corrected chi connectivity index (χ1v) is 7.50. The van der Waals surface area contributed by atoms with Gasteiger partial charge in [0, 0.05) is 12.1 Å². The highest BCUT2D eigenvalue weighted by Gasteiger charge is 2.22. The van der Waals surface area contributed by atoms with E-state index < -0.39 is 6.10 Å². The minimum atomic E-state index is -0.484. The molecule has 0 aliphatic carbocycles. The minimum absolute atomic E-state index is 0.211. The normalized spacial score (nSPS) is 12.5. The van der Waals surface area contributed by atoms with E-state index in [4.69, 9.17) is 14.2 Å². The van der Waals surface area contributed by atoms with Crippen LogP contribution in [0.5, 0.6) is 17.2 Å². The fourth-order valence-corrected chi connectivity index (χ4v) is 2.07.